The van der Waals surface area contributed by atoms with Crippen LogP contribution in [0.5, 0.6) is 11.5 Å². The first-order valence-electron chi connectivity index (χ1n) is 11.2. The van der Waals surface area contributed by atoms with Crippen molar-refractivity contribution in [3.63, 3.8) is 0 Å². The summed E-state index contributed by atoms with van der Waals surface area (Å²) < 4.78 is 32.8. The topological polar surface area (TPSA) is 92.7 Å². The summed E-state index contributed by atoms with van der Waals surface area (Å²) in [4.78, 5) is 33.3. The molecule has 0 radical (unpaired) electrons. The average molecular weight is 493 g/mol. The van der Waals surface area contributed by atoms with Crippen molar-refractivity contribution >= 4 is 23.3 Å². The molecule has 9 heteroatoms. The van der Waals surface area contributed by atoms with Gasteiger partial charge in [0.05, 0.1) is 0 Å². The minimum atomic E-state index is -0.714. The number of carbonyl (C=O) groups excluding carboxylic acids is 2. The van der Waals surface area contributed by atoms with E-state index in [9.17, 15) is 18.4 Å². The maximum absolute atomic E-state index is 13.4. The number of hydrogen-bond acceptors (Lipinski definition) is 5. The Labute approximate surface area is 207 Å². The van der Waals surface area contributed by atoms with Crippen LogP contribution < -0.4 is 15.4 Å². The number of benzene rings is 2. The fourth-order valence-corrected chi connectivity index (χ4v) is 3.29. The number of amides is 2. The summed E-state index contributed by atoms with van der Waals surface area (Å²) in [7, 11) is 1.53. The van der Waals surface area contributed by atoms with Crippen LogP contribution in [0.1, 0.15) is 34.8 Å². The summed E-state index contributed by atoms with van der Waals surface area (Å²) in [6.45, 7) is 3.64. The molecule has 2 amide bonds. The van der Waals surface area contributed by atoms with Gasteiger partial charge in [-0.1, -0.05) is 19.1 Å². The molecule has 0 aliphatic rings. The number of ether oxygens (including phenoxy) is 1. The molecule has 0 atom stereocenters. The fourth-order valence-electron chi connectivity index (χ4n) is 3.29. The molecule has 3 rings (SSSR count). The molecule has 7 nitrogen and oxygen atoms in total. The van der Waals surface area contributed by atoms with Gasteiger partial charge < -0.3 is 15.4 Å². The van der Waals surface area contributed by atoms with Gasteiger partial charge in [-0.15, -0.1) is 0 Å². The van der Waals surface area contributed by atoms with Crippen LogP contribution in [-0.2, 0) is 11.3 Å². The average Bonchev–Trinajstić information content (AvgIpc) is 2.84. The Morgan fingerprint density at radius 1 is 1.11 bits per heavy atom. The van der Waals surface area contributed by atoms with Crippen LogP contribution in [0.15, 0.2) is 71.9 Å². The first kappa shape index (κ1) is 26.2. The molecule has 0 saturated carbocycles. The molecule has 0 bridgehead atoms. The summed E-state index contributed by atoms with van der Waals surface area (Å²) >= 11 is 0. The molecule has 3 aromatic rings. The SMILES string of the molecule is CC/C=C\C(=NC)C(=O)Nc1cc(Oc2cccc(C(=O)NCc3cc(F)cc(F)c3)c2C)ccn1. The third kappa shape index (κ3) is 7.05. The van der Waals surface area contributed by atoms with Crippen LogP contribution in [-0.4, -0.2) is 29.6 Å². The first-order valence-corrected chi connectivity index (χ1v) is 11.2. The van der Waals surface area contributed by atoms with E-state index in [2.05, 4.69) is 20.6 Å². The summed E-state index contributed by atoms with van der Waals surface area (Å²) in [5, 5.41) is 5.34. The predicted molar refractivity (Wildman–Crippen MR) is 134 cm³/mol. The van der Waals surface area contributed by atoms with Crippen LogP contribution in [0.3, 0.4) is 0 Å². The number of rotatable bonds is 9. The van der Waals surface area contributed by atoms with Gasteiger partial charge in [0.2, 0.25) is 0 Å². The van der Waals surface area contributed by atoms with Crippen molar-refractivity contribution in [2.24, 2.45) is 4.99 Å². The number of carbonyl (C=O) groups is 2. The number of nitrogens with zero attached hydrogens (tertiary/aromatic N) is 2. The van der Waals surface area contributed by atoms with E-state index in [1.807, 2.05) is 13.0 Å². The lowest BCUT2D eigenvalue weighted by Gasteiger charge is -2.13. The van der Waals surface area contributed by atoms with Crippen LogP contribution in [0.2, 0.25) is 0 Å². The summed E-state index contributed by atoms with van der Waals surface area (Å²) in [5.41, 5.74) is 1.48. The number of aliphatic imine (C=N–C) groups is 1. The van der Waals surface area contributed by atoms with Crippen LogP contribution in [0.4, 0.5) is 14.6 Å². The third-order valence-electron chi connectivity index (χ3n) is 5.09. The second-order valence-electron chi connectivity index (χ2n) is 7.74. The molecule has 0 saturated heterocycles. The normalized spacial score (nSPS) is 11.4. The van der Waals surface area contributed by atoms with E-state index in [1.54, 1.807) is 43.3 Å². The minimum absolute atomic E-state index is 0.0397. The maximum Gasteiger partial charge on any atom is 0.274 e. The predicted octanol–water partition coefficient (Wildman–Crippen LogP) is 5.37. The lowest BCUT2D eigenvalue weighted by Crippen LogP contribution is -2.23. The van der Waals surface area contributed by atoms with Crippen molar-refractivity contribution in [2.75, 3.05) is 12.4 Å². The van der Waals surface area contributed by atoms with E-state index < -0.39 is 23.4 Å². The highest BCUT2D eigenvalue weighted by molar-refractivity contribution is 6.47. The Morgan fingerprint density at radius 3 is 2.56 bits per heavy atom. The number of allylic oxidation sites excluding steroid dienone is 1. The molecule has 0 aliphatic heterocycles. The van der Waals surface area contributed by atoms with E-state index in [1.165, 1.54) is 13.2 Å². The summed E-state index contributed by atoms with van der Waals surface area (Å²) in [5.74, 6) is -1.15. The molecule has 0 fully saturated rings. The van der Waals surface area contributed by atoms with E-state index in [-0.39, 0.29) is 18.1 Å². The van der Waals surface area contributed by atoms with E-state index in [0.717, 1.165) is 24.6 Å². The zero-order valence-corrected chi connectivity index (χ0v) is 20.1. The zero-order valence-electron chi connectivity index (χ0n) is 20.1. The highest BCUT2D eigenvalue weighted by Gasteiger charge is 2.14. The van der Waals surface area contributed by atoms with Crippen LogP contribution in [0, 0.1) is 18.6 Å². The first-order chi connectivity index (χ1) is 17.3. The summed E-state index contributed by atoms with van der Waals surface area (Å²) in [6, 6.07) is 11.2. The Kier molecular flexibility index (Phi) is 8.99. The number of pyridine rings is 1. The largest absolute Gasteiger partial charge is 0.457 e. The quantitative estimate of drug-likeness (QED) is 0.393. The standard InChI is InChI=1S/C27H26F2N4O3/c1-4-5-8-23(30-3)27(35)33-25-15-21(10-11-31-25)36-24-9-6-7-22(17(24)2)26(34)32-16-18-12-19(28)14-20(29)13-18/h5-15H,4,16H2,1-3H3,(H,32,34)(H,31,33,35)/b8-5-,30-23?. The molecule has 1 aromatic heterocycles. The summed E-state index contributed by atoms with van der Waals surface area (Å²) in [6.07, 6.45) is 5.73. The second-order valence-corrected chi connectivity index (χ2v) is 7.74. The van der Waals surface area contributed by atoms with Gasteiger partial charge in [-0.05, 0) is 55.3 Å². The molecular formula is C27H26F2N4O3. The van der Waals surface area contributed by atoms with E-state index >= 15 is 0 Å². The number of anilines is 1. The Hall–Kier alpha value is -4.40. The van der Waals surface area contributed by atoms with Crippen molar-refractivity contribution in [1.82, 2.24) is 10.3 Å². The van der Waals surface area contributed by atoms with Crippen LogP contribution in [0.25, 0.3) is 0 Å². The van der Waals surface area contributed by atoms with Gasteiger partial charge in [-0.3, -0.25) is 14.6 Å². The molecule has 36 heavy (non-hydrogen) atoms. The Morgan fingerprint density at radius 2 is 1.86 bits per heavy atom. The van der Waals surface area contributed by atoms with E-state index in [4.69, 9.17) is 4.74 Å². The zero-order chi connectivity index (χ0) is 26.1. The molecule has 1 heterocycles. The Balaban J connectivity index is 1.71. The smallest absolute Gasteiger partial charge is 0.274 e. The van der Waals surface area contributed by atoms with Gasteiger partial charge in [-0.25, -0.2) is 13.8 Å². The van der Waals surface area contributed by atoms with E-state index in [0.29, 0.717) is 28.2 Å². The number of halogens is 2. The van der Waals surface area contributed by atoms with Crippen LogP contribution >= 0.6 is 0 Å². The van der Waals surface area contributed by atoms with Gasteiger partial charge >= 0.3 is 0 Å². The number of nitrogens with one attached hydrogen (secondary N) is 2. The monoisotopic (exact) mass is 492 g/mol. The van der Waals surface area contributed by atoms with Gasteiger partial charge in [0, 0.05) is 43.0 Å². The maximum atomic E-state index is 13.4. The van der Waals surface area contributed by atoms with Gasteiger partial charge in [-0.2, -0.15) is 0 Å². The fraction of sp³-hybridized carbons (Fsp3) is 0.185. The van der Waals surface area contributed by atoms with Crippen molar-refractivity contribution in [3.8, 4) is 11.5 Å². The lowest BCUT2D eigenvalue weighted by atomic mass is 10.1. The second kappa shape index (κ2) is 12.3. The van der Waals surface area contributed by atoms with Gasteiger partial charge in [0.15, 0.2) is 0 Å². The number of hydrogen-bond donors (Lipinski definition) is 2. The van der Waals surface area contributed by atoms with Gasteiger partial charge in [0.1, 0.15) is 34.7 Å². The van der Waals surface area contributed by atoms with Gasteiger partial charge in [0.25, 0.3) is 11.8 Å². The van der Waals surface area contributed by atoms with Crippen molar-refractivity contribution in [2.45, 2.75) is 26.8 Å². The molecule has 0 spiro atoms. The van der Waals surface area contributed by atoms with Crippen molar-refractivity contribution in [3.05, 3.63) is 95.2 Å². The molecule has 0 unspecified atom stereocenters. The number of aromatic nitrogens is 1. The highest BCUT2D eigenvalue weighted by Crippen LogP contribution is 2.28. The molecule has 2 aromatic carbocycles. The third-order valence-corrected chi connectivity index (χ3v) is 5.09. The molecular weight excluding hydrogens is 466 g/mol. The highest BCUT2D eigenvalue weighted by atomic mass is 19.1. The lowest BCUT2D eigenvalue weighted by molar-refractivity contribution is -0.110. The minimum Gasteiger partial charge on any atom is -0.457 e. The van der Waals surface area contributed by atoms with Crippen molar-refractivity contribution < 1.29 is 23.1 Å². The molecule has 2 N–H and O–H groups in total. The van der Waals surface area contributed by atoms with Crippen molar-refractivity contribution in [1.29, 1.82) is 0 Å². The Bertz CT molecular complexity index is 1300. The molecule has 186 valence electrons. The molecule has 0 aliphatic carbocycles.